The Morgan fingerprint density at radius 3 is 2.64 bits per heavy atom. The van der Waals surface area contributed by atoms with Crippen LogP contribution in [0.3, 0.4) is 0 Å². The largest absolute Gasteiger partial charge is 0.444 e. The van der Waals surface area contributed by atoms with Crippen molar-refractivity contribution in [3.63, 3.8) is 0 Å². The summed E-state index contributed by atoms with van der Waals surface area (Å²) in [5, 5.41) is 2.82. The highest BCUT2D eigenvalue weighted by Crippen LogP contribution is 2.26. The molecule has 138 valence electrons. The van der Waals surface area contributed by atoms with Crippen LogP contribution in [0.25, 0.3) is 0 Å². The molecule has 3 N–H and O–H groups in total. The highest BCUT2D eigenvalue weighted by molar-refractivity contribution is 5.81. The van der Waals surface area contributed by atoms with Gasteiger partial charge in [-0.3, -0.25) is 9.69 Å². The summed E-state index contributed by atoms with van der Waals surface area (Å²) in [6, 6.07) is 5.08. The second kappa shape index (κ2) is 7.82. The SMILES string of the molecule is CC(C)(C)OC(=O)N[C@@H]1CCCN(C(C(N)=O)c2ccccc2F)C1. The molecule has 7 heteroatoms. The number of nitrogens with two attached hydrogens (primary N) is 1. The van der Waals surface area contributed by atoms with Crippen LogP contribution < -0.4 is 11.1 Å². The monoisotopic (exact) mass is 351 g/mol. The van der Waals surface area contributed by atoms with Gasteiger partial charge in [0.2, 0.25) is 5.91 Å². The number of rotatable bonds is 4. The first kappa shape index (κ1) is 19.2. The van der Waals surface area contributed by atoms with Gasteiger partial charge < -0.3 is 15.8 Å². The fourth-order valence-corrected chi connectivity index (χ4v) is 3.06. The molecule has 1 aromatic rings. The van der Waals surface area contributed by atoms with Gasteiger partial charge in [0.25, 0.3) is 0 Å². The summed E-state index contributed by atoms with van der Waals surface area (Å²) in [6.07, 6.45) is 1.03. The van der Waals surface area contributed by atoms with Gasteiger partial charge in [-0.2, -0.15) is 0 Å². The predicted molar refractivity (Wildman–Crippen MR) is 92.3 cm³/mol. The Labute approximate surface area is 147 Å². The van der Waals surface area contributed by atoms with Crippen LogP contribution in [0, 0.1) is 5.82 Å². The number of carbonyl (C=O) groups excluding carboxylic acids is 2. The topological polar surface area (TPSA) is 84.7 Å². The van der Waals surface area contributed by atoms with Crippen molar-refractivity contribution in [1.29, 1.82) is 0 Å². The molecule has 0 aromatic heterocycles. The number of amides is 2. The number of halogens is 1. The van der Waals surface area contributed by atoms with Crippen LogP contribution in [-0.4, -0.2) is 41.6 Å². The van der Waals surface area contributed by atoms with Gasteiger partial charge in [-0.25, -0.2) is 9.18 Å². The molecule has 0 bridgehead atoms. The van der Waals surface area contributed by atoms with E-state index in [1.165, 1.54) is 6.07 Å². The van der Waals surface area contributed by atoms with Crippen molar-refractivity contribution in [2.45, 2.75) is 51.3 Å². The first-order valence-electron chi connectivity index (χ1n) is 8.44. The number of hydrogen-bond donors (Lipinski definition) is 2. The Morgan fingerprint density at radius 2 is 2.04 bits per heavy atom. The van der Waals surface area contributed by atoms with Crippen LogP contribution in [-0.2, 0) is 9.53 Å². The third-order valence-corrected chi connectivity index (χ3v) is 4.01. The normalized spacial score (nSPS) is 19.9. The summed E-state index contributed by atoms with van der Waals surface area (Å²) < 4.78 is 19.4. The lowest BCUT2D eigenvalue weighted by Crippen LogP contribution is -2.51. The lowest BCUT2D eigenvalue weighted by atomic mass is 9.98. The molecule has 1 aliphatic heterocycles. The molecule has 1 aliphatic rings. The number of benzene rings is 1. The summed E-state index contributed by atoms with van der Waals surface area (Å²) in [7, 11) is 0. The molecule has 2 atom stereocenters. The molecule has 1 fully saturated rings. The maximum atomic E-state index is 14.1. The van der Waals surface area contributed by atoms with Gasteiger partial charge >= 0.3 is 6.09 Å². The van der Waals surface area contributed by atoms with Crippen LogP contribution in [0.4, 0.5) is 9.18 Å². The molecule has 25 heavy (non-hydrogen) atoms. The maximum absolute atomic E-state index is 14.1. The van der Waals surface area contributed by atoms with E-state index in [9.17, 15) is 14.0 Å². The Balaban J connectivity index is 2.09. The van der Waals surface area contributed by atoms with Crippen molar-refractivity contribution in [1.82, 2.24) is 10.2 Å². The zero-order valence-electron chi connectivity index (χ0n) is 14.9. The molecule has 0 saturated carbocycles. The summed E-state index contributed by atoms with van der Waals surface area (Å²) in [5.41, 5.74) is 5.21. The number of carbonyl (C=O) groups is 2. The van der Waals surface area contributed by atoms with E-state index in [1.807, 2.05) is 4.90 Å². The van der Waals surface area contributed by atoms with Gasteiger partial charge in [-0.05, 0) is 46.2 Å². The van der Waals surface area contributed by atoms with E-state index in [4.69, 9.17) is 10.5 Å². The van der Waals surface area contributed by atoms with Gasteiger partial charge in [0.1, 0.15) is 17.5 Å². The highest BCUT2D eigenvalue weighted by Gasteiger charge is 2.33. The van der Waals surface area contributed by atoms with Crippen LogP contribution in [0.5, 0.6) is 0 Å². The van der Waals surface area contributed by atoms with Crippen molar-refractivity contribution in [3.05, 3.63) is 35.6 Å². The molecule has 6 nitrogen and oxygen atoms in total. The standard InChI is InChI=1S/C18H26FN3O3/c1-18(2,3)25-17(24)21-12-7-6-10-22(11-12)15(16(20)23)13-8-4-5-9-14(13)19/h4-5,8-9,12,15H,6-7,10-11H2,1-3H3,(H2,20,23)(H,21,24)/t12-,15?/m1/s1. The van der Waals surface area contributed by atoms with Crippen LogP contribution >= 0.6 is 0 Å². The summed E-state index contributed by atoms with van der Waals surface area (Å²) in [4.78, 5) is 25.7. The molecule has 2 amide bonds. The molecule has 1 unspecified atom stereocenters. The average Bonchev–Trinajstić information content (AvgIpc) is 2.47. The number of hydrogen-bond acceptors (Lipinski definition) is 4. The smallest absolute Gasteiger partial charge is 0.407 e. The third kappa shape index (κ3) is 5.42. The lowest BCUT2D eigenvalue weighted by Gasteiger charge is -2.37. The van der Waals surface area contributed by atoms with Crippen molar-refractivity contribution in [2.75, 3.05) is 13.1 Å². The molecule has 1 heterocycles. The highest BCUT2D eigenvalue weighted by atomic mass is 19.1. The van der Waals surface area contributed by atoms with E-state index in [0.29, 0.717) is 13.1 Å². The van der Waals surface area contributed by atoms with Crippen LogP contribution in [0.1, 0.15) is 45.2 Å². The minimum Gasteiger partial charge on any atom is -0.444 e. The quantitative estimate of drug-likeness (QED) is 0.872. The first-order chi connectivity index (χ1) is 11.7. The third-order valence-electron chi connectivity index (χ3n) is 4.01. The second-order valence-electron chi connectivity index (χ2n) is 7.31. The Bertz CT molecular complexity index is 630. The zero-order chi connectivity index (χ0) is 18.6. The average molecular weight is 351 g/mol. The fourth-order valence-electron chi connectivity index (χ4n) is 3.06. The van der Waals surface area contributed by atoms with Gasteiger partial charge in [-0.1, -0.05) is 18.2 Å². The van der Waals surface area contributed by atoms with Gasteiger partial charge in [0.15, 0.2) is 0 Å². The number of nitrogens with zero attached hydrogens (tertiary/aromatic N) is 1. The number of likely N-dealkylation sites (tertiary alicyclic amines) is 1. The lowest BCUT2D eigenvalue weighted by molar-refractivity contribution is -0.124. The van der Waals surface area contributed by atoms with E-state index in [0.717, 1.165) is 12.8 Å². The number of ether oxygens (including phenoxy) is 1. The Kier molecular flexibility index (Phi) is 6.00. The van der Waals surface area contributed by atoms with Gasteiger partial charge in [-0.15, -0.1) is 0 Å². The van der Waals surface area contributed by atoms with Crippen molar-refractivity contribution in [3.8, 4) is 0 Å². The number of alkyl carbamates (subject to hydrolysis) is 1. The second-order valence-corrected chi connectivity index (χ2v) is 7.31. The molecule has 0 spiro atoms. The van der Waals surface area contributed by atoms with Crippen LogP contribution in [0.2, 0.25) is 0 Å². The minimum atomic E-state index is -0.857. The molecular formula is C18H26FN3O3. The maximum Gasteiger partial charge on any atom is 0.407 e. The van der Waals surface area contributed by atoms with Gasteiger partial charge in [0, 0.05) is 18.2 Å². The van der Waals surface area contributed by atoms with E-state index in [2.05, 4.69) is 5.32 Å². The number of nitrogens with one attached hydrogen (secondary N) is 1. The molecule has 0 aliphatic carbocycles. The molecule has 1 aromatic carbocycles. The Hall–Kier alpha value is -2.15. The molecular weight excluding hydrogens is 325 g/mol. The van der Waals surface area contributed by atoms with Crippen molar-refractivity contribution in [2.24, 2.45) is 5.73 Å². The van der Waals surface area contributed by atoms with E-state index in [-0.39, 0.29) is 11.6 Å². The van der Waals surface area contributed by atoms with Crippen molar-refractivity contribution >= 4 is 12.0 Å². The van der Waals surface area contributed by atoms with Crippen LogP contribution in [0.15, 0.2) is 24.3 Å². The molecule has 1 saturated heterocycles. The van der Waals surface area contributed by atoms with Gasteiger partial charge in [0.05, 0.1) is 0 Å². The summed E-state index contributed by atoms with van der Waals surface area (Å²) >= 11 is 0. The summed E-state index contributed by atoms with van der Waals surface area (Å²) in [5.74, 6) is -1.07. The first-order valence-corrected chi connectivity index (χ1v) is 8.44. The number of piperidine rings is 1. The number of primary amides is 1. The van der Waals surface area contributed by atoms with E-state index < -0.39 is 29.5 Å². The van der Waals surface area contributed by atoms with E-state index >= 15 is 0 Å². The fraction of sp³-hybridized carbons (Fsp3) is 0.556. The Morgan fingerprint density at radius 1 is 1.36 bits per heavy atom. The summed E-state index contributed by atoms with van der Waals surface area (Å²) in [6.45, 7) is 6.39. The predicted octanol–water partition coefficient (Wildman–Crippen LogP) is 2.34. The van der Waals surface area contributed by atoms with Crippen molar-refractivity contribution < 1.29 is 18.7 Å². The van der Waals surface area contributed by atoms with E-state index in [1.54, 1.807) is 39.0 Å². The molecule has 2 rings (SSSR count). The zero-order valence-corrected chi connectivity index (χ0v) is 14.9. The molecule has 0 radical (unpaired) electrons. The minimum absolute atomic E-state index is 0.183.